The van der Waals surface area contributed by atoms with Crippen molar-refractivity contribution in [3.63, 3.8) is 0 Å². The first-order valence-electron chi connectivity index (χ1n) is 8.73. The lowest BCUT2D eigenvalue weighted by atomic mass is 9.70. The van der Waals surface area contributed by atoms with Crippen LogP contribution in [-0.2, 0) is 8.65 Å². The molecule has 3 aromatic carbocycles. The Hall–Kier alpha value is -1.38. The molecule has 25 heavy (non-hydrogen) atoms. The second kappa shape index (κ2) is 4.29. The zero-order valence-electron chi connectivity index (χ0n) is 13.8. The molecule has 0 spiro atoms. The molecule has 0 radical (unpaired) electrons. The van der Waals surface area contributed by atoms with Gasteiger partial charge >= 0.3 is 0 Å². The molecule has 3 aliphatic carbocycles. The number of halogens is 2. The van der Waals surface area contributed by atoms with Crippen LogP contribution < -0.4 is 0 Å². The summed E-state index contributed by atoms with van der Waals surface area (Å²) in [7, 11) is 0. The SMILES string of the molecule is CC12C3c4ccccc4[C@@]1(Br)c1ccccc1[C@@]2(Br)c1ccccc13. The van der Waals surface area contributed by atoms with Crippen LogP contribution in [-0.4, -0.2) is 0 Å². The summed E-state index contributed by atoms with van der Waals surface area (Å²) in [5.74, 6) is 0.381. The third kappa shape index (κ3) is 1.25. The Morgan fingerprint density at radius 1 is 0.600 bits per heavy atom. The molecule has 0 heterocycles. The molecular weight excluding hydrogens is 436 g/mol. The normalized spacial score (nSPS) is 35.9. The largest absolute Gasteiger partial charge is 0.0843 e. The smallest absolute Gasteiger partial charge is 0.0741 e. The van der Waals surface area contributed by atoms with Crippen LogP contribution in [0.25, 0.3) is 0 Å². The third-order valence-electron chi connectivity index (χ3n) is 6.96. The highest BCUT2D eigenvalue weighted by molar-refractivity contribution is 9.10. The molecule has 0 nitrogen and oxygen atoms in total. The summed E-state index contributed by atoms with van der Waals surface area (Å²) in [6.07, 6.45) is 0. The van der Waals surface area contributed by atoms with Crippen molar-refractivity contribution in [1.29, 1.82) is 0 Å². The molecule has 6 rings (SSSR count). The second-order valence-corrected chi connectivity index (χ2v) is 10.1. The van der Waals surface area contributed by atoms with Gasteiger partial charge in [0.05, 0.1) is 8.65 Å². The first-order valence-corrected chi connectivity index (χ1v) is 10.3. The van der Waals surface area contributed by atoms with Crippen molar-refractivity contribution < 1.29 is 0 Å². The fourth-order valence-electron chi connectivity index (χ4n) is 6.04. The van der Waals surface area contributed by atoms with Crippen molar-refractivity contribution in [2.24, 2.45) is 5.41 Å². The molecule has 0 aromatic heterocycles. The Labute approximate surface area is 164 Å². The molecule has 4 atom stereocenters. The van der Waals surface area contributed by atoms with Crippen LogP contribution >= 0.6 is 31.9 Å². The van der Waals surface area contributed by atoms with Crippen LogP contribution in [0.5, 0.6) is 0 Å². The van der Waals surface area contributed by atoms with Gasteiger partial charge in [0.1, 0.15) is 0 Å². The molecule has 2 unspecified atom stereocenters. The van der Waals surface area contributed by atoms with Gasteiger partial charge in [-0.05, 0) is 33.4 Å². The molecule has 0 N–H and O–H groups in total. The minimum absolute atomic E-state index is 0.0307. The number of rotatable bonds is 0. The molecular formula is C23H16Br2. The fraction of sp³-hybridized carbons (Fsp3) is 0.217. The molecule has 0 saturated carbocycles. The van der Waals surface area contributed by atoms with Crippen LogP contribution in [0, 0.1) is 5.41 Å². The number of alkyl halides is 2. The lowest BCUT2D eigenvalue weighted by molar-refractivity contribution is 0.253. The summed E-state index contributed by atoms with van der Waals surface area (Å²) in [4.78, 5) is 0. The highest BCUT2D eigenvalue weighted by Gasteiger charge is 2.77. The Kier molecular flexibility index (Phi) is 2.53. The fourth-order valence-corrected chi connectivity index (χ4v) is 8.77. The van der Waals surface area contributed by atoms with Crippen LogP contribution in [0.3, 0.4) is 0 Å². The van der Waals surface area contributed by atoms with Crippen LogP contribution in [0.4, 0.5) is 0 Å². The molecule has 0 fully saturated rings. The Morgan fingerprint density at radius 2 is 0.960 bits per heavy atom. The summed E-state index contributed by atoms with van der Waals surface area (Å²) in [6, 6.07) is 26.9. The number of hydrogen-bond acceptors (Lipinski definition) is 0. The second-order valence-electron chi connectivity index (χ2n) is 7.67. The van der Waals surface area contributed by atoms with E-state index < -0.39 is 0 Å². The van der Waals surface area contributed by atoms with Gasteiger partial charge in [0.2, 0.25) is 0 Å². The third-order valence-corrected chi connectivity index (χ3v) is 10.3. The predicted octanol–water partition coefficient (Wildman–Crippen LogP) is 6.44. The summed E-state index contributed by atoms with van der Waals surface area (Å²) >= 11 is 8.62. The van der Waals surface area contributed by atoms with Crippen LogP contribution in [0.2, 0.25) is 0 Å². The molecule has 0 saturated heterocycles. The summed E-state index contributed by atoms with van der Waals surface area (Å²) in [5.41, 5.74) is 8.54. The van der Waals surface area contributed by atoms with Gasteiger partial charge in [0, 0.05) is 11.3 Å². The first-order chi connectivity index (χ1) is 12.1. The summed E-state index contributed by atoms with van der Waals surface area (Å²) in [6.45, 7) is 2.46. The van der Waals surface area contributed by atoms with Gasteiger partial charge in [0.25, 0.3) is 0 Å². The maximum absolute atomic E-state index is 4.31. The van der Waals surface area contributed by atoms with E-state index in [4.69, 9.17) is 0 Å². The van der Waals surface area contributed by atoms with Gasteiger partial charge in [-0.3, -0.25) is 0 Å². The van der Waals surface area contributed by atoms with Crippen molar-refractivity contribution >= 4 is 31.9 Å². The Balaban J connectivity index is 1.89. The van der Waals surface area contributed by atoms with E-state index in [2.05, 4.69) is 112 Å². The minimum Gasteiger partial charge on any atom is -0.0741 e. The Morgan fingerprint density at radius 3 is 1.40 bits per heavy atom. The van der Waals surface area contributed by atoms with E-state index in [9.17, 15) is 0 Å². The minimum atomic E-state index is -0.180. The summed E-state index contributed by atoms with van der Waals surface area (Å²) < 4.78 is -0.360. The van der Waals surface area contributed by atoms with Gasteiger partial charge in [-0.15, -0.1) is 0 Å². The molecule has 0 aliphatic heterocycles. The van der Waals surface area contributed by atoms with E-state index in [1.807, 2.05) is 0 Å². The van der Waals surface area contributed by atoms with Crippen molar-refractivity contribution in [3.8, 4) is 0 Å². The highest BCUT2D eigenvalue weighted by atomic mass is 79.9. The molecule has 0 amide bonds. The number of benzene rings is 3. The summed E-state index contributed by atoms with van der Waals surface area (Å²) in [5, 5.41) is 0. The zero-order valence-corrected chi connectivity index (χ0v) is 16.9. The van der Waals surface area contributed by atoms with E-state index in [1.165, 1.54) is 33.4 Å². The van der Waals surface area contributed by atoms with E-state index >= 15 is 0 Å². The topological polar surface area (TPSA) is 0 Å². The van der Waals surface area contributed by atoms with E-state index in [0.717, 1.165) is 0 Å². The maximum Gasteiger partial charge on any atom is 0.0843 e. The van der Waals surface area contributed by atoms with Crippen molar-refractivity contribution in [3.05, 3.63) is 106 Å². The lowest BCUT2D eigenvalue weighted by Gasteiger charge is -2.42. The van der Waals surface area contributed by atoms with E-state index in [-0.39, 0.29) is 14.1 Å². The van der Waals surface area contributed by atoms with Crippen molar-refractivity contribution in [1.82, 2.24) is 0 Å². The van der Waals surface area contributed by atoms with Gasteiger partial charge in [-0.1, -0.05) is 112 Å². The van der Waals surface area contributed by atoms with Crippen molar-refractivity contribution in [2.45, 2.75) is 21.5 Å². The average Bonchev–Trinajstić information content (AvgIpc) is 3.07. The predicted molar refractivity (Wildman–Crippen MR) is 109 cm³/mol. The molecule has 122 valence electrons. The quantitative estimate of drug-likeness (QED) is 0.345. The standard InChI is InChI=1S/C23H16Br2/c1-21-20-14-8-2-4-10-16(14)22(21,24)18-12-6-7-13-19(18)23(21,25)17-11-5-3-9-15(17)20/h2-13,20H,1H3/t20?,21?,22-,23+. The maximum atomic E-state index is 4.31. The number of fused-ring (bicyclic) bond motifs is 9. The number of hydrogen-bond donors (Lipinski definition) is 0. The van der Waals surface area contributed by atoms with Crippen LogP contribution in [0.15, 0.2) is 72.8 Å². The van der Waals surface area contributed by atoms with Crippen LogP contribution in [0.1, 0.15) is 46.2 Å². The molecule has 2 heteroatoms. The highest BCUT2D eigenvalue weighted by Crippen LogP contribution is 2.83. The van der Waals surface area contributed by atoms with E-state index in [0.29, 0.717) is 5.92 Å². The van der Waals surface area contributed by atoms with Gasteiger partial charge in [-0.25, -0.2) is 0 Å². The molecule has 0 bridgehead atoms. The lowest BCUT2D eigenvalue weighted by Crippen LogP contribution is -2.41. The Bertz CT molecular complexity index is 988. The molecule has 3 aliphatic rings. The first kappa shape index (κ1) is 14.8. The molecule has 3 aromatic rings. The monoisotopic (exact) mass is 450 g/mol. The van der Waals surface area contributed by atoms with Gasteiger partial charge in [-0.2, -0.15) is 0 Å². The van der Waals surface area contributed by atoms with Crippen molar-refractivity contribution in [2.75, 3.05) is 0 Å². The van der Waals surface area contributed by atoms with E-state index in [1.54, 1.807) is 0 Å². The zero-order chi connectivity index (χ0) is 17.0. The van der Waals surface area contributed by atoms with Gasteiger partial charge in [0.15, 0.2) is 0 Å². The van der Waals surface area contributed by atoms with Gasteiger partial charge < -0.3 is 0 Å². The average molecular weight is 452 g/mol.